The van der Waals surface area contributed by atoms with Crippen LogP contribution in [0.3, 0.4) is 0 Å². The first kappa shape index (κ1) is 18.1. The molecule has 0 aliphatic heterocycles. The van der Waals surface area contributed by atoms with Gasteiger partial charge >= 0.3 is 0 Å². The molecule has 6 nitrogen and oxygen atoms in total. The average Bonchev–Trinajstić information content (AvgIpc) is 2.80. The second-order valence-corrected chi connectivity index (χ2v) is 6.21. The summed E-state index contributed by atoms with van der Waals surface area (Å²) in [6, 6.07) is 5.16. The van der Waals surface area contributed by atoms with Gasteiger partial charge in [0.25, 0.3) is 5.91 Å². The summed E-state index contributed by atoms with van der Waals surface area (Å²) in [4.78, 5) is 12.6. The Labute approximate surface area is 146 Å². The average molecular weight is 352 g/mol. The molecule has 7 heteroatoms. The third kappa shape index (κ3) is 3.82. The smallest absolute Gasteiger partial charge is 0.260 e. The summed E-state index contributed by atoms with van der Waals surface area (Å²) in [5.74, 6) is 1.20. The third-order valence-corrected chi connectivity index (χ3v) is 3.86. The lowest BCUT2D eigenvalue weighted by Gasteiger charge is -2.10. The van der Waals surface area contributed by atoms with Crippen molar-refractivity contribution in [2.45, 2.75) is 27.3 Å². The van der Waals surface area contributed by atoms with E-state index in [0.717, 1.165) is 0 Å². The summed E-state index contributed by atoms with van der Waals surface area (Å²) in [6.45, 7) is 6.56. The van der Waals surface area contributed by atoms with E-state index >= 15 is 0 Å². The lowest BCUT2D eigenvalue weighted by Crippen LogP contribution is -2.13. The van der Waals surface area contributed by atoms with E-state index in [-0.39, 0.29) is 5.91 Å². The van der Waals surface area contributed by atoms with Gasteiger partial charge in [-0.05, 0) is 25.0 Å². The van der Waals surface area contributed by atoms with E-state index in [0.29, 0.717) is 46.1 Å². The Morgan fingerprint density at radius 3 is 2.54 bits per heavy atom. The second kappa shape index (κ2) is 7.57. The molecule has 0 aliphatic rings. The van der Waals surface area contributed by atoms with Gasteiger partial charge in [-0.15, -0.1) is 0 Å². The molecule has 1 amide bonds. The minimum atomic E-state index is -0.306. The van der Waals surface area contributed by atoms with Gasteiger partial charge in [0.15, 0.2) is 11.5 Å². The van der Waals surface area contributed by atoms with Crippen molar-refractivity contribution < 1.29 is 14.3 Å². The highest BCUT2D eigenvalue weighted by molar-refractivity contribution is 6.33. The lowest BCUT2D eigenvalue weighted by molar-refractivity contribution is 0.102. The van der Waals surface area contributed by atoms with E-state index in [1.807, 2.05) is 0 Å². The molecule has 0 unspecified atom stereocenters. The normalized spacial score (nSPS) is 10.8. The minimum absolute atomic E-state index is 0.306. The summed E-state index contributed by atoms with van der Waals surface area (Å²) in [6.07, 6.45) is 0. The molecule has 1 aromatic carbocycles. The van der Waals surface area contributed by atoms with Gasteiger partial charge in [-0.3, -0.25) is 9.48 Å². The highest BCUT2D eigenvalue weighted by atomic mass is 35.5. The standard InChI is InChI=1S/C17H22ClN3O3/c1-10(2)9-21-16(18)15(11(3)20-21)17(22)19-12-6-7-13(23-4)14(8-12)24-5/h6-8,10H,9H2,1-5H3,(H,19,22). The molecule has 24 heavy (non-hydrogen) atoms. The van der Waals surface area contributed by atoms with Crippen LogP contribution in [0.4, 0.5) is 5.69 Å². The molecule has 0 aliphatic carbocycles. The molecule has 130 valence electrons. The number of methoxy groups -OCH3 is 2. The molecular weight excluding hydrogens is 330 g/mol. The van der Waals surface area contributed by atoms with Crippen molar-refractivity contribution in [1.29, 1.82) is 0 Å². The van der Waals surface area contributed by atoms with Gasteiger partial charge in [0, 0.05) is 18.3 Å². The van der Waals surface area contributed by atoms with Crippen LogP contribution in [0.5, 0.6) is 11.5 Å². The fraction of sp³-hybridized carbons (Fsp3) is 0.412. The maximum absolute atomic E-state index is 12.6. The Bertz CT molecular complexity index is 741. The van der Waals surface area contributed by atoms with Crippen LogP contribution in [-0.2, 0) is 6.54 Å². The molecule has 1 heterocycles. The Hall–Kier alpha value is -2.21. The molecular formula is C17H22ClN3O3. The van der Waals surface area contributed by atoms with Crippen molar-refractivity contribution in [3.05, 3.63) is 34.6 Å². The summed E-state index contributed by atoms with van der Waals surface area (Å²) >= 11 is 6.34. The number of aryl methyl sites for hydroxylation is 1. The van der Waals surface area contributed by atoms with Crippen LogP contribution < -0.4 is 14.8 Å². The van der Waals surface area contributed by atoms with E-state index in [2.05, 4.69) is 24.3 Å². The number of rotatable bonds is 6. The van der Waals surface area contributed by atoms with E-state index in [1.54, 1.807) is 44.0 Å². The van der Waals surface area contributed by atoms with Crippen molar-refractivity contribution in [3.63, 3.8) is 0 Å². The zero-order chi connectivity index (χ0) is 17.9. The highest BCUT2D eigenvalue weighted by Gasteiger charge is 2.21. The molecule has 0 bridgehead atoms. The van der Waals surface area contributed by atoms with E-state index in [9.17, 15) is 4.79 Å². The molecule has 0 fully saturated rings. The number of ether oxygens (including phenoxy) is 2. The third-order valence-electron chi connectivity index (χ3n) is 3.47. The number of halogens is 1. The van der Waals surface area contributed by atoms with E-state index in [4.69, 9.17) is 21.1 Å². The van der Waals surface area contributed by atoms with Crippen molar-refractivity contribution >= 4 is 23.2 Å². The summed E-state index contributed by atoms with van der Waals surface area (Å²) < 4.78 is 12.1. The van der Waals surface area contributed by atoms with Gasteiger partial charge in [0.05, 0.1) is 25.5 Å². The maximum atomic E-state index is 12.6. The largest absolute Gasteiger partial charge is 0.493 e. The number of nitrogens with one attached hydrogen (secondary N) is 1. The van der Waals surface area contributed by atoms with Crippen molar-refractivity contribution in [2.75, 3.05) is 19.5 Å². The van der Waals surface area contributed by atoms with Gasteiger partial charge in [-0.1, -0.05) is 25.4 Å². The van der Waals surface area contributed by atoms with Crippen molar-refractivity contribution in [3.8, 4) is 11.5 Å². The number of benzene rings is 1. The molecule has 0 saturated heterocycles. The Kier molecular flexibility index (Phi) is 5.72. The first-order valence-corrected chi connectivity index (χ1v) is 8.01. The predicted octanol–water partition coefficient (Wildman–Crippen LogP) is 3.77. The number of carbonyl (C=O) groups excluding carboxylic acids is 1. The van der Waals surface area contributed by atoms with Crippen LogP contribution in [-0.4, -0.2) is 29.9 Å². The summed E-state index contributed by atoms with van der Waals surface area (Å²) in [5.41, 5.74) is 1.57. The zero-order valence-electron chi connectivity index (χ0n) is 14.5. The van der Waals surface area contributed by atoms with Crippen LogP contribution in [0.1, 0.15) is 29.9 Å². The maximum Gasteiger partial charge on any atom is 0.260 e. The van der Waals surface area contributed by atoms with Gasteiger partial charge in [0.1, 0.15) is 5.15 Å². The van der Waals surface area contributed by atoms with Crippen LogP contribution in [0.25, 0.3) is 0 Å². The van der Waals surface area contributed by atoms with Crippen molar-refractivity contribution in [2.24, 2.45) is 5.92 Å². The zero-order valence-corrected chi connectivity index (χ0v) is 15.3. The van der Waals surface area contributed by atoms with E-state index in [1.165, 1.54) is 0 Å². The lowest BCUT2D eigenvalue weighted by atomic mass is 10.2. The second-order valence-electron chi connectivity index (χ2n) is 5.85. The monoisotopic (exact) mass is 351 g/mol. The Balaban J connectivity index is 2.26. The number of aromatic nitrogens is 2. The molecule has 1 N–H and O–H groups in total. The highest BCUT2D eigenvalue weighted by Crippen LogP contribution is 2.30. The predicted molar refractivity (Wildman–Crippen MR) is 94.3 cm³/mol. The first-order valence-electron chi connectivity index (χ1n) is 7.63. The Morgan fingerprint density at radius 1 is 1.29 bits per heavy atom. The van der Waals surface area contributed by atoms with Crippen LogP contribution in [0.15, 0.2) is 18.2 Å². The van der Waals surface area contributed by atoms with Gasteiger partial charge in [-0.25, -0.2) is 0 Å². The van der Waals surface area contributed by atoms with Crippen LogP contribution >= 0.6 is 11.6 Å². The number of anilines is 1. The molecule has 0 spiro atoms. The molecule has 1 aromatic heterocycles. The first-order chi connectivity index (χ1) is 11.4. The SMILES string of the molecule is COc1ccc(NC(=O)c2c(C)nn(CC(C)C)c2Cl)cc1OC. The molecule has 2 aromatic rings. The molecule has 0 atom stereocenters. The minimum Gasteiger partial charge on any atom is -0.493 e. The fourth-order valence-corrected chi connectivity index (χ4v) is 2.72. The number of nitrogens with zero attached hydrogens (tertiary/aromatic N) is 2. The number of hydrogen-bond acceptors (Lipinski definition) is 4. The van der Waals surface area contributed by atoms with Crippen molar-refractivity contribution in [1.82, 2.24) is 9.78 Å². The van der Waals surface area contributed by atoms with Crippen LogP contribution in [0.2, 0.25) is 5.15 Å². The topological polar surface area (TPSA) is 65.4 Å². The van der Waals surface area contributed by atoms with Gasteiger partial charge < -0.3 is 14.8 Å². The van der Waals surface area contributed by atoms with Crippen LogP contribution in [0, 0.1) is 12.8 Å². The summed E-state index contributed by atoms with van der Waals surface area (Å²) in [7, 11) is 3.10. The quantitative estimate of drug-likeness (QED) is 0.860. The number of hydrogen-bond donors (Lipinski definition) is 1. The Morgan fingerprint density at radius 2 is 1.96 bits per heavy atom. The summed E-state index contributed by atoms with van der Waals surface area (Å²) in [5, 5.41) is 7.52. The number of amides is 1. The molecule has 0 saturated carbocycles. The molecule has 2 rings (SSSR count). The fourth-order valence-electron chi connectivity index (χ4n) is 2.39. The number of carbonyl (C=O) groups is 1. The molecule has 0 radical (unpaired) electrons. The van der Waals surface area contributed by atoms with Gasteiger partial charge in [0.2, 0.25) is 0 Å². The van der Waals surface area contributed by atoms with Gasteiger partial charge in [-0.2, -0.15) is 5.10 Å². The van der Waals surface area contributed by atoms with E-state index < -0.39 is 0 Å².